The average molecular weight is 319 g/mol. The van der Waals surface area contributed by atoms with E-state index in [2.05, 4.69) is 24.7 Å². The van der Waals surface area contributed by atoms with Gasteiger partial charge in [0.05, 0.1) is 5.69 Å². The highest BCUT2D eigenvalue weighted by Crippen LogP contribution is 2.30. The Morgan fingerprint density at radius 3 is 3.24 bits per heavy atom. The zero-order valence-electron chi connectivity index (χ0n) is 11.1. The van der Waals surface area contributed by atoms with Gasteiger partial charge in [-0.2, -0.15) is 0 Å². The fourth-order valence-electron chi connectivity index (χ4n) is 2.08. The predicted molar refractivity (Wildman–Crippen MR) is 81.9 cm³/mol. The molecule has 4 rings (SSSR count). The normalized spacial score (nSPS) is 14.9. The van der Waals surface area contributed by atoms with Crippen molar-refractivity contribution in [2.75, 3.05) is 0 Å². The lowest BCUT2D eigenvalue weighted by Gasteiger charge is -2.04. The van der Waals surface area contributed by atoms with Crippen molar-refractivity contribution in [1.82, 2.24) is 24.7 Å². The fourth-order valence-corrected chi connectivity index (χ4v) is 3.74. The summed E-state index contributed by atoms with van der Waals surface area (Å²) in [4.78, 5) is 23.9. The summed E-state index contributed by atoms with van der Waals surface area (Å²) in [7, 11) is 0. The molecule has 1 aliphatic carbocycles. The van der Waals surface area contributed by atoms with E-state index in [1.54, 1.807) is 11.3 Å². The van der Waals surface area contributed by atoms with E-state index in [0.717, 1.165) is 22.2 Å². The maximum Gasteiger partial charge on any atom is 0.251 e. The highest BCUT2D eigenvalue weighted by atomic mass is 32.2. The van der Waals surface area contributed by atoms with Crippen molar-refractivity contribution in [3.05, 3.63) is 39.9 Å². The van der Waals surface area contributed by atoms with Crippen molar-refractivity contribution in [2.45, 2.75) is 35.6 Å². The molecule has 3 aromatic rings. The minimum absolute atomic E-state index is 0.147. The summed E-state index contributed by atoms with van der Waals surface area (Å²) in [5, 5.41) is 7.01. The van der Waals surface area contributed by atoms with Crippen LogP contribution in [0.1, 0.15) is 18.5 Å². The minimum atomic E-state index is -0.147. The molecule has 0 bridgehead atoms. The summed E-state index contributed by atoms with van der Waals surface area (Å²) in [5.74, 6) is 0. The largest absolute Gasteiger partial charge is 0.308 e. The minimum Gasteiger partial charge on any atom is -0.308 e. The summed E-state index contributed by atoms with van der Waals surface area (Å²) in [6.07, 6.45) is 6.05. The molecule has 0 unspecified atom stereocenters. The summed E-state index contributed by atoms with van der Waals surface area (Å²) in [6.45, 7) is 0.780. The van der Waals surface area contributed by atoms with Gasteiger partial charge in [0.15, 0.2) is 10.1 Å². The summed E-state index contributed by atoms with van der Waals surface area (Å²) < 4.78 is 2.10. The summed E-state index contributed by atoms with van der Waals surface area (Å²) in [6, 6.07) is 2.05. The zero-order chi connectivity index (χ0) is 14.2. The van der Waals surface area contributed by atoms with Crippen molar-refractivity contribution in [3.63, 3.8) is 0 Å². The molecule has 3 aromatic heterocycles. The van der Waals surface area contributed by atoms with Crippen LogP contribution in [-0.2, 0) is 6.54 Å². The maximum absolute atomic E-state index is 11.4. The van der Waals surface area contributed by atoms with E-state index in [9.17, 15) is 4.79 Å². The number of aromatic nitrogens is 4. The highest BCUT2D eigenvalue weighted by molar-refractivity contribution is 7.99. The van der Waals surface area contributed by atoms with Crippen LogP contribution in [0.25, 0.3) is 4.96 Å². The standard InChI is InChI=1S/C13H13N5OS2/c19-10-3-4-14-12(16-10)21-11-9(7-15-8-1-2-8)18-5-6-20-13(18)17-11/h3-6,8,15H,1-2,7H2,(H,14,16,19). The number of H-pyrrole nitrogens is 1. The zero-order valence-corrected chi connectivity index (χ0v) is 12.7. The second-order valence-corrected chi connectivity index (χ2v) is 6.77. The molecule has 108 valence electrons. The number of hydrogen-bond acceptors (Lipinski definition) is 6. The van der Waals surface area contributed by atoms with E-state index in [4.69, 9.17) is 0 Å². The van der Waals surface area contributed by atoms with Gasteiger partial charge in [0, 0.05) is 36.4 Å². The molecule has 6 nitrogen and oxygen atoms in total. The van der Waals surface area contributed by atoms with Crippen molar-refractivity contribution in [2.24, 2.45) is 0 Å². The number of aromatic amines is 1. The molecule has 0 aliphatic heterocycles. The van der Waals surface area contributed by atoms with Gasteiger partial charge in [-0.3, -0.25) is 9.20 Å². The molecule has 0 spiro atoms. The summed E-state index contributed by atoms with van der Waals surface area (Å²) in [5.41, 5.74) is 0.973. The Bertz CT molecular complexity index is 832. The molecule has 21 heavy (non-hydrogen) atoms. The Kier molecular flexibility index (Phi) is 3.28. The molecule has 0 aromatic carbocycles. The first-order valence-electron chi connectivity index (χ1n) is 6.70. The van der Waals surface area contributed by atoms with Crippen LogP contribution < -0.4 is 10.9 Å². The molecule has 0 amide bonds. The van der Waals surface area contributed by atoms with E-state index in [1.165, 1.54) is 36.9 Å². The third-order valence-corrected chi connectivity index (χ3v) is 4.98. The van der Waals surface area contributed by atoms with Crippen LogP contribution in [0.3, 0.4) is 0 Å². The van der Waals surface area contributed by atoms with Crippen molar-refractivity contribution >= 4 is 28.1 Å². The first kappa shape index (κ1) is 13.1. The quantitative estimate of drug-likeness (QED) is 0.702. The number of thiazole rings is 1. The molecule has 0 radical (unpaired) electrons. The van der Waals surface area contributed by atoms with Gasteiger partial charge in [-0.05, 0) is 24.6 Å². The van der Waals surface area contributed by atoms with Crippen LogP contribution in [0, 0.1) is 0 Å². The molecule has 1 fully saturated rings. The van der Waals surface area contributed by atoms with Crippen LogP contribution in [0.2, 0.25) is 0 Å². The Morgan fingerprint density at radius 1 is 1.52 bits per heavy atom. The molecular formula is C13H13N5OS2. The Hall–Kier alpha value is -1.64. The predicted octanol–water partition coefficient (Wildman–Crippen LogP) is 1.88. The van der Waals surface area contributed by atoms with Gasteiger partial charge in [-0.15, -0.1) is 11.3 Å². The van der Waals surface area contributed by atoms with Crippen LogP contribution >= 0.6 is 23.1 Å². The second-order valence-electron chi connectivity index (χ2n) is 4.92. The lowest BCUT2D eigenvalue weighted by molar-refractivity contribution is 0.661. The second kappa shape index (κ2) is 5.28. The van der Waals surface area contributed by atoms with Crippen LogP contribution in [-0.4, -0.2) is 25.4 Å². The molecule has 2 N–H and O–H groups in total. The molecule has 1 saturated carbocycles. The van der Waals surface area contributed by atoms with E-state index >= 15 is 0 Å². The molecular weight excluding hydrogens is 306 g/mol. The van der Waals surface area contributed by atoms with E-state index in [0.29, 0.717) is 11.2 Å². The van der Waals surface area contributed by atoms with Crippen LogP contribution in [0.5, 0.6) is 0 Å². The molecule has 3 heterocycles. The lowest BCUT2D eigenvalue weighted by atomic mass is 10.4. The van der Waals surface area contributed by atoms with E-state index in [-0.39, 0.29) is 5.56 Å². The average Bonchev–Trinajstić information content (AvgIpc) is 3.08. The van der Waals surface area contributed by atoms with Gasteiger partial charge in [0.25, 0.3) is 5.56 Å². The summed E-state index contributed by atoms with van der Waals surface area (Å²) >= 11 is 3.00. The maximum atomic E-state index is 11.4. The van der Waals surface area contributed by atoms with E-state index < -0.39 is 0 Å². The molecule has 1 aliphatic rings. The Morgan fingerprint density at radius 2 is 2.43 bits per heavy atom. The van der Waals surface area contributed by atoms with Crippen molar-refractivity contribution in [1.29, 1.82) is 0 Å². The monoisotopic (exact) mass is 319 g/mol. The lowest BCUT2D eigenvalue weighted by Crippen LogP contribution is -2.17. The van der Waals surface area contributed by atoms with Gasteiger partial charge in [0.1, 0.15) is 5.03 Å². The SMILES string of the molecule is O=c1ccnc(Sc2nc3sccn3c2CNC2CC2)[nH]1. The number of hydrogen-bond donors (Lipinski definition) is 2. The molecule has 0 atom stereocenters. The number of imidazole rings is 1. The van der Waals surface area contributed by atoms with E-state index in [1.807, 2.05) is 11.6 Å². The van der Waals surface area contributed by atoms with Crippen molar-refractivity contribution < 1.29 is 0 Å². The van der Waals surface area contributed by atoms with Gasteiger partial charge in [-0.1, -0.05) is 0 Å². The number of fused-ring (bicyclic) bond motifs is 1. The topological polar surface area (TPSA) is 75.1 Å². The van der Waals surface area contributed by atoms with Crippen molar-refractivity contribution in [3.8, 4) is 0 Å². The first-order chi connectivity index (χ1) is 10.3. The van der Waals surface area contributed by atoms with Crippen LogP contribution in [0.4, 0.5) is 0 Å². The van der Waals surface area contributed by atoms with Gasteiger partial charge in [0.2, 0.25) is 0 Å². The highest BCUT2D eigenvalue weighted by Gasteiger charge is 2.22. The van der Waals surface area contributed by atoms with Gasteiger partial charge in [-0.25, -0.2) is 9.97 Å². The smallest absolute Gasteiger partial charge is 0.251 e. The third-order valence-electron chi connectivity index (χ3n) is 3.30. The number of nitrogens with zero attached hydrogens (tertiary/aromatic N) is 3. The van der Waals surface area contributed by atoms with Crippen LogP contribution in [0.15, 0.2) is 38.8 Å². The number of nitrogens with one attached hydrogen (secondary N) is 2. The third kappa shape index (κ3) is 2.74. The molecule has 8 heteroatoms. The van der Waals surface area contributed by atoms with Gasteiger partial charge >= 0.3 is 0 Å². The first-order valence-corrected chi connectivity index (χ1v) is 8.40. The van der Waals surface area contributed by atoms with Gasteiger partial charge < -0.3 is 10.3 Å². The number of rotatable bonds is 5. The Labute approximate surface area is 128 Å². The Balaban J connectivity index is 1.67. The molecule has 0 saturated heterocycles. The fraction of sp³-hybridized carbons (Fsp3) is 0.308.